The second kappa shape index (κ2) is 13.0. The van der Waals surface area contributed by atoms with E-state index in [9.17, 15) is 4.79 Å². The summed E-state index contributed by atoms with van der Waals surface area (Å²) in [5.41, 5.74) is 0. The van der Waals surface area contributed by atoms with Crippen molar-refractivity contribution in [2.24, 2.45) is 4.99 Å². The molecule has 3 N–H and O–H groups in total. The number of hydrogen-bond donors (Lipinski definition) is 3. The van der Waals surface area contributed by atoms with Gasteiger partial charge in [0.25, 0.3) is 0 Å². The molecule has 1 aliphatic rings. The van der Waals surface area contributed by atoms with E-state index < -0.39 is 0 Å². The van der Waals surface area contributed by atoms with Crippen LogP contribution in [0.2, 0.25) is 0 Å². The third-order valence-electron chi connectivity index (χ3n) is 4.26. The molecule has 0 bridgehead atoms. The van der Waals surface area contributed by atoms with Crippen molar-refractivity contribution >= 4 is 35.8 Å². The van der Waals surface area contributed by atoms with Gasteiger partial charge in [-0.3, -0.25) is 14.7 Å². The van der Waals surface area contributed by atoms with Gasteiger partial charge in [-0.1, -0.05) is 6.42 Å². The fourth-order valence-corrected chi connectivity index (χ4v) is 3.04. The molecule has 0 aromatic carbocycles. The Hall–Kier alpha value is -1.29. The number of amides is 1. The van der Waals surface area contributed by atoms with Gasteiger partial charge in [0.2, 0.25) is 5.91 Å². The normalized spacial score (nSPS) is 16.5. The largest absolute Gasteiger partial charge is 0.468 e. The number of hydrogen-bond acceptors (Lipinski definition) is 4. The summed E-state index contributed by atoms with van der Waals surface area (Å²) in [4.78, 5) is 18.1. The molecule has 1 aliphatic heterocycles. The SMILES string of the molecule is CCNC(=NCC(c1ccco1)N1CCCCC1)NCCNC(C)=O.I. The number of furan rings is 1. The van der Waals surface area contributed by atoms with Gasteiger partial charge < -0.3 is 20.4 Å². The predicted molar refractivity (Wildman–Crippen MR) is 115 cm³/mol. The highest BCUT2D eigenvalue weighted by atomic mass is 127. The first-order chi connectivity index (χ1) is 12.2. The van der Waals surface area contributed by atoms with Crippen LogP contribution < -0.4 is 16.0 Å². The number of aliphatic imine (C=N–C) groups is 1. The molecule has 0 saturated carbocycles. The van der Waals surface area contributed by atoms with E-state index in [-0.39, 0.29) is 35.9 Å². The summed E-state index contributed by atoms with van der Waals surface area (Å²) in [6.07, 6.45) is 5.50. The van der Waals surface area contributed by atoms with E-state index in [1.807, 2.05) is 19.1 Å². The quantitative estimate of drug-likeness (QED) is 0.231. The van der Waals surface area contributed by atoms with Gasteiger partial charge in [0.1, 0.15) is 5.76 Å². The molecule has 148 valence electrons. The van der Waals surface area contributed by atoms with Crippen LogP contribution in [0.15, 0.2) is 27.8 Å². The first-order valence-electron chi connectivity index (χ1n) is 9.24. The number of halogens is 1. The fourth-order valence-electron chi connectivity index (χ4n) is 3.04. The summed E-state index contributed by atoms with van der Waals surface area (Å²) in [5, 5.41) is 9.28. The maximum absolute atomic E-state index is 10.9. The second-order valence-corrected chi connectivity index (χ2v) is 6.26. The molecule has 1 amide bonds. The van der Waals surface area contributed by atoms with Crippen LogP contribution in [-0.4, -0.2) is 56.0 Å². The number of carbonyl (C=O) groups is 1. The average molecular weight is 477 g/mol. The van der Waals surface area contributed by atoms with Crippen LogP contribution in [0.1, 0.15) is 44.9 Å². The molecule has 1 fully saturated rings. The van der Waals surface area contributed by atoms with Gasteiger partial charge in [-0.05, 0) is 45.0 Å². The Kier molecular flexibility index (Phi) is 11.3. The van der Waals surface area contributed by atoms with E-state index in [2.05, 4.69) is 20.9 Å². The van der Waals surface area contributed by atoms with Gasteiger partial charge in [0, 0.05) is 26.6 Å². The summed E-state index contributed by atoms with van der Waals surface area (Å²) in [7, 11) is 0. The van der Waals surface area contributed by atoms with Crippen LogP contribution in [0.4, 0.5) is 0 Å². The molecule has 8 heteroatoms. The molecule has 1 atom stereocenters. The van der Waals surface area contributed by atoms with Crippen molar-refractivity contribution in [1.29, 1.82) is 0 Å². The number of nitrogens with zero attached hydrogens (tertiary/aromatic N) is 2. The van der Waals surface area contributed by atoms with Crippen LogP contribution in [0.3, 0.4) is 0 Å². The predicted octanol–water partition coefficient (Wildman–Crippen LogP) is 2.12. The van der Waals surface area contributed by atoms with E-state index in [0.29, 0.717) is 19.6 Å². The molecule has 0 radical (unpaired) electrons. The topological polar surface area (TPSA) is 81.9 Å². The zero-order valence-electron chi connectivity index (χ0n) is 15.8. The van der Waals surface area contributed by atoms with Crippen LogP contribution >= 0.6 is 24.0 Å². The minimum atomic E-state index is -0.0216. The highest BCUT2D eigenvalue weighted by molar-refractivity contribution is 14.0. The number of likely N-dealkylation sites (tertiary alicyclic amines) is 1. The lowest BCUT2D eigenvalue weighted by Crippen LogP contribution is -2.42. The van der Waals surface area contributed by atoms with Crippen molar-refractivity contribution in [1.82, 2.24) is 20.9 Å². The van der Waals surface area contributed by atoms with Gasteiger partial charge in [-0.25, -0.2) is 0 Å². The fraction of sp³-hybridized carbons (Fsp3) is 0.667. The summed E-state index contributed by atoms with van der Waals surface area (Å²) in [6, 6.07) is 4.14. The van der Waals surface area contributed by atoms with Crippen LogP contribution in [0.5, 0.6) is 0 Å². The standard InChI is InChI=1S/C18H31N5O2.HI/c1-3-19-18(21-10-9-20-15(2)24)22-14-16(17-8-7-13-25-17)23-11-5-4-6-12-23;/h7-8,13,16H,3-6,9-12,14H2,1-2H3,(H,20,24)(H2,19,21,22);1H. The van der Waals surface area contributed by atoms with Crippen molar-refractivity contribution in [3.63, 3.8) is 0 Å². The Morgan fingerprint density at radius 3 is 2.58 bits per heavy atom. The third-order valence-corrected chi connectivity index (χ3v) is 4.26. The van der Waals surface area contributed by atoms with E-state index in [4.69, 9.17) is 9.41 Å². The summed E-state index contributed by atoms with van der Waals surface area (Å²) in [5.74, 6) is 1.72. The van der Waals surface area contributed by atoms with E-state index in [1.165, 1.54) is 26.2 Å². The van der Waals surface area contributed by atoms with Crippen LogP contribution in [0, 0.1) is 0 Å². The molecule has 2 rings (SSSR count). The highest BCUT2D eigenvalue weighted by Gasteiger charge is 2.24. The van der Waals surface area contributed by atoms with Gasteiger partial charge >= 0.3 is 0 Å². The third kappa shape index (κ3) is 7.94. The molecule has 1 unspecified atom stereocenters. The minimum Gasteiger partial charge on any atom is -0.468 e. The average Bonchev–Trinajstić information content (AvgIpc) is 3.14. The van der Waals surface area contributed by atoms with E-state index in [0.717, 1.165) is 31.4 Å². The second-order valence-electron chi connectivity index (χ2n) is 6.26. The lowest BCUT2D eigenvalue weighted by atomic mass is 10.1. The molecule has 1 saturated heterocycles. The lowest BCUT2D eigenvalue weighted by Gasteiger charge is -2.32. The Balaban J connectivity index is 0.00000338. The zero-order chi connectivity index (χ0) is 17.9. The van der Waals surface area contributed by atoms with Crippen molar-refractivity contribution in [3.05, 3.63) is 24.2 Å². The Labute approximate surface area is 173 Å². The molecule has 0 aliphatic carbocycles. The number of guanidine groups is 1. The number of carbonyl (C=O) groups excluding carboxylic acids is 1. The molecule has 26 heavy (non-hydrogen) atoms. The first kappa shape index (κ1) is 22.8. The van der Waals surface area contributed by atoms with Gasteiger partial charge in [-0.2, -0.15) is 0 Å². The monoisotopic (exact) mass is 477 g/mol. The van der Waals surface area contributed by atoms with Crippen molar-refractivity contribution < 1.29 is 9.21 Å². The Bertz CT molecular complexity index is 530. The zero-order valence-corrected chi connectivity index (χ0v) is 18.1. The van der Waals surface area contributed by atoms with E-state index >= 15 is 0 Å². The molecule has 0 spiro atoms. The van der Waals surface area contributed by atoms with Gasteiger partial charge in [0.05, 0.1) is 18.8 Å². The van der Waals surface area contributed by atoms with Crippen molar-refractivity contribution in [2.45, 2.75) is 39.2 Å². The molecule has 7 nitrogen and oxygen atoms in total. The number of rotatable bonds is 8. The molecule has 1 aromatic rings. The van der Waals surface area contributed by atoms with Crippen LogP contribution in [-0.2, 0) is 4.79 Å². The number of piperidine rings is 1. The van der Waals surface area contributed by atoms with Crippen LogP contribution in [0.25, 0.3) is 0 Å². The van der Waals surface area contributed by atoms with Crippen molar-refractivity contribution in [3.8, 4) is 0 Å². The first-order valence-corrected chi connectivity index (χ1v) is 9.24. The smallest absolute Gasteiger partial charge is 0.216 e. The van der Waals surface area contributed by atoms with Crippen molar-refractivity contribution in [2.75, 3.05) is 39.3 Å². The Morgan fingerprint density at radius 1 is 1.23 bits per heavy atom. The summed E-state index contributed by atoms with van der Waals surface area (Å²) < 4.78 is 5.67. The maximum Gasteiger partial charge on any atom is 0.216 e. The summed E-state index contributed by atoms with van der Waals surface area (Å²) in [6.45, 7) is 8.39. The van der Waals surface area contributed by atoms with E-state index in [1.54, 1.807) is 6.26 Å². The minimum absolute atomic E-state index is 0. The lowest BCUT2D eigenvalue weighted by molar-refractivity contribution is -0.118. The van der Waals surface area contributed by atoms with Gasteiger partial charge in [0.15, 0.2) is 5.96 Å². The summed E-state index contributed by atoms with van der Waals surface area (Å²) >= 11 is 0. The molecule has 1 aromatic heterocycles. The number of nitrogens with one attached hydrogen (secondary N) is 3. The maximum atomic E-state index is 10.9. The molecular weight excluding hydrogens is 445 g/mol. The molecular formula is C18H32IN5O2. The molecule has 2 heterocycles. The Morgan fingerprint density at radius 2 is 1.96 bits per heavy atom. The van der Waals surface area contributed by atoms with Gasteiger partial charge in [-0.15, -0.1) is 24.0 Å². The highest BCUT2D eigenvalue weighted by Crippen LogP contribution is 2.25.